The lowest BCUT2D eigenvalue weighted by atomic mass is 9.97. The van der Waals surface area contributed by atoms with Crippen LogP contribution in [0.3, 0.4) is 0 Å². The molecule has 1 aromatic rings. The number of para-hydroxylation sites is 1. The Kier molecular flexibility index (Phi) is 4.36. The minimum Gasteiger partial charge on any atom is -0.361 e. The smallest absolute Gasteiger partial charge is 0.361 e. The molecular weight excluding hydrogens is 294 g/mol. The van der Waals surface area contributed by atoms with E-state index in [4.69, 9.17) is 4.74 Å². The molecule has 1 amide bonds. The molecule has 116 valence electrons. The summed E-state index contributed by atoms with van der Waals surface area (Å²) >= 11 is 0. The maximum absolute atomic E-state index is 12.5. The fourth-order valence-corrected chi connectivity index (χ4v) is 3.26. The first kappa shape index (κ1) is 15.9. The van der Waals surface area contributed by atoms with E-state index in [2.05, 4.69) is 6.92 Å². The lowest BCUT2D eigenvalue weighted by molar-refractivity contribution is -0.140. The van der Waals surface area contributed by atoms with E-state index < -0.39 is 21.8 Å². The van der Waals surface area contributed by atoms with Gasteiger partial charge in [-0.2, -0.15) is 12.7 Å². The summed E-state index contributed by atoms with van der Waals surface area (Å²) in [6.07, 6.45) is 2.77. The Morgan fingerprint density at radius 3 is 2.57 bits per heavy atom. The number of anilines is 1. The molecule has 6 nitrogen and oxygen atoms in total. The van der Waals surface area contributed by atoms with Gasteiger partial charge in [0, 0.05) is 12.2 Å². The summed E-state index contributed by atoms with van der Waals surface area (Å²) in [5.41, 5.74) is -0.799. The Labute approximate surface area is 124 Å². The van der Waals surface area contributed by atoms with Crippen LogP contribution in [0.5, 0.6) is 0 Å². The number of carbonyl (C=O) groups is 1. The first-order valence-electron chi connectivity index (χ1n) is 6.88. The predicted molar refractivity (Wildman–Crippen MR) is 78.3 cm³/mol. The third-order valence-corrected chi connectivity index (χ3v) is 4.42. The summed E-state index contributed by atoms with van der Waals surface area (Å²) in [7, 11) is -4.67. The topological polar surface area (TPSA) is 83.9 Å². The van der Waals surface area contributed by atoms with Crippen molar-refractivity contribution in [1.82, 2.24) is 0 Å². The average molecular weight is 313 g/mol. The normalized spacial score (nSPS) is 21.7. The standard InChI is InChI=1S/C14H19NO5S/c1-3-4-7-10-20-14(2)11-8-5-6-9-12(11)15(13(14)16)21(17,18)19/h5-6,8-9H,3-4,7,10H2,1-2H3,(H,17,18,19). The average Bonchev–Trinajstić information content (AvgIpc) is 2.64. The molecule has 1 aliphatic heterocycles. The highest BCUT2D eigenvalue weighted by atomic mass is 32.2. The zero-order valence-corrected chi connectivity index (χ0v) is 12.9. The van der Waals surface area contributed by atoms with Gasteiger partial charge in [0.15, 0.2) is 5.60 Å². The van der Waals surface area contributed by atoms with Crippen LogP contribution < -0.4 is 4.31 Å². The summed E-state index contributed by atoms with van der Waals surface area (Å²) in [5, 5.41) is 0. The molecule has 0 fully saturated rings. The molecule has 1 atom stereocenters. The number of hydrogen-bond donors (Lipinski definition) is 1. The number of unbranched alkanes of at least 4 members (excludes halogenated alkanes) is 2. The van der Waals surface area contributed by atoms with Crippen LogP contribution in [0.4, 0.5) is 5.69 Å². The quantitative estimate of drug-likeness (QED) is 0.643. The van der Waals surface area contributed by atoms with Crippen LogP contribution in [-0.4, -0.2) is 25.5 Å². The molecule has 0 bridgehead atoms. The monoisotopic (exact) mass is 313 g/mol. The molecule has 1 aliphatic rings. The minimum atomic E-state index is -4.67. The van der Waals surface area contributed by atoms with Gasteiger partial charge >= 0.3 is 10.3 Å². The summed E-state index contributed by atoms with van der Waals surface area (Å²) in [4.78, 5) is 12.5. The third kappa shape index (κ3) is 2.81. The molecule has 1 aromatic carbocycles. The molecule has 0 spiro atoms. The molecule has 1 heterocycles. The third-order valence-electron chi connectivity index (χ3n) is 3.60. The number of fused-ring (bicyclic) bond motifs is 1. The molecule has 0 aromatic heterocycles. The van der Waals surface area contributed by atoms with Crippen LogP contribution in [-0.2, 0) is 25.4 Å². The fourth-order valence-electron chi connectivity index (χ4n) is 2.47. The van der Waals surface area contributed by atoms with Crippen LogP contribution in [0, 0.1) is 0 Å². The van der Waals surface area contributed by atoms with Crippen molar-refractivity contribution in [2.24, 2.45) is 0 Å². The largest absolute Gasteiger partial charge is 0.366 e. The minimum absolute atomic E-state index is 0.142. The highest BCUT2D eigenvalue weighted by molar-refractivity contribution is 7.88. The maximum Gasteiger partial charge on any atom is 0.366 e. The van der Waals surface area contributed by atoms with Crippen molar-refractivity contribution in [3.8, 4) is 0 Å². The van der Waals surface area contributed by atoms with Gasteiger partial charge in [-0.05, 0) is 19.4 Å². The van der Waals surface area contributed by atoms with Crippen molar-refractivity contribution < 1.29 is 22.5 Å². The van der Waals surface area contributed by atoms with Gasteiger partial charge < -0.3 is 4.74 Å². The van der Waals surface area contributed by atoms with Crippen molar-refractivity contribution in [2.45, 2.75) is 38.7 Å². The zero-order valence-electron chi connectivity index (χ0n) is 12.1. The first-order chi connectivity index (χ1) is 9.82. The molecule has 0 radical (unpaired) electrons. The molecule has 2 rings (SSSR count). The SMILES string of the molecule is CCCCCOC1(C)C(=O)N(S(=O)(=O)O)c2ccccc21. The van der Waals surface area contributed by atoms with Gasteiger partial charge in [0.1, 0.15) is 0 Å². The Hall–Kier alpha value is -1.44. The fraction of sp³-hybridized carbons (Fsp3) is 0.500. The number of nitrogens with zero attached hydrogens (tertiary/aromatic N) is 1. The van der Waals surface area contributed by atoms with Gasteiger partial charge in [-0.15, -0.1) is 0 Å². The summed E-state index contributed by atoms with van der Waals surface area (Å²) < 4.78 is 38.3. The van der Waals surface area contributed by atoms with Gasteiger partial charge in [-0.25, -0.2) is 0 Å². The highest BCUT2D eigenvalue weighted by Crippen LogP contribution is 2.43. The van der Waals surface area contributed by atoms with E-state index in [-0.39, 0.29) is 5.69 Å². The molecule has 1 N–H and O–H groups in total. The van der Waals surface area contributed by atoms with Gasteiger partial charge in [-0.1, -0.05) is 38.0 Å². The number of hydrogen-bond acceptors (Lipinski definition) is 4. The molecule has 0 saturated carbocycles. The molecule has 0 saturated heterocycles. The second kappa shape index (κ2) is 5.75. The Bertz CT molecular complexity index is 643. The maximum atomic E-state index is 12.5. The van der Waals surface area contributed by atoms with Crippen molar-refractivity contribution in [3.63, 3.8) is 0 Å². The van der Waals surface area contributed by atoms with Gasteiger partial charge in [-0.3, -0.25) is 9.35 Å². The summed E-state index contributed by atoms with van der Waals surface area (Å²) in [5.74, 6) is -0.789. The van der Waals surface area contributed by atoms with E-state index in [1.54, 1.807) is 18.2 Å². The van der Waals surface area contributed by atoms with Crippen LogP contribution in [0.1, 0.15) is 38.7 Å². The second-order valence-corrected chi connectivity index (χ2v) is 6.41. The number of amides is 1. The van der Waals surface area contributed by atoms with E-state index >= 15 is 0 Å². The van der Waals surface area contributed by atoms with E-state index in [0.717, 1.165) is 19.3 Å². The van der Waals surface area contributed by atoms with Crippen molar-refractivity contribution >= 4 is 21.9 Å². The van der Waals surface area contributed by atoms with E-state index in [1.807, 2.05) is 0 Å². The van der Waals surface area contributed by atoms with Crippen LogP contribution in [0.15, 0.2) is 24.3 Å². The Morgan fingerprint density at radius 1 is 1.29 bits per heavy atom. The lowest BCUT2D eigenvalue weighted by Gasteiger charge is -2.23. The van der Waals surface area contributed by atoms with E-state index in [9.17, 15) is 17.8 Å². The van der Waals surface area contributed by atoms with E-state index in [1.165, 1.54) is 13.0 Å². The summed E-state index contributed by atoms with van der Waals surface area (Å²) in [6.45, 7) is 3.94. The van der Waals surface area contributed by atoms with Gasteiger partial charge in [0.05, 0.1) is 5.69 Å². The van der Waals surface area contributed by atoms with Gasteiger partial charge in [0.25, 0.3) is 5.91 Å². The predicted octanol–water partition coefficient (Wildman–Crippen LogP) is 2.26. The number of benzene rings is 1. The Balaban J connectivity index is 2.37. The second-order valence-electron chi connectivity index (χ2n) is 5.15. The molecule has 1 unspecified atom stereocenters. The van der Waals surface area contributed by atoms with Crippen LogP contribution in [0.2, 0.25) is 0 Å². The molecular formula is C14H19NO5S. The van der Waals surface area contributed by atoms with Crippen LogP contribution >= 0.6 is 0 Å². The number of rotatable bonds is 6. The van der Waals surface area contributed by atoms with E-state index in [0.29, 0.717) is 16.5 Å². The zero-order chi connectivity index (χ0) is 15.7. The van der Waals surface area contributed by atoms with Crippen LogP contribution in [0.25, 0.3) is 0 Å². The molecule has 21 heavy (non-hydrogen) atoms. The first-order valence-corrected chi connectivity index (χ1v) is 8.27. The van der Waals surface area contributed by atoms with Crippen molar-refractivity contribution in [1.29, 1.82) is 0 Å². The molecule has 0 aliphatic carbocycles. The number of ether oxygens (including phenoxy) is 1. The summed E-state index contributed by atoms with van der Waals surface area (Å²) in [6, 6.07) is 6.42. The lowest BCUT2D eigenvalue weighted by Crippen LogP contribution is -2.43. The van der Waals surface area contributed by atoms with Crippen molar-refractivity contribution in [3.05, 3.63) is 29.8 Å². The van der Waals surface area contributed by atoms with Gasteiger partial charge in [0.2, 0.25) is 0 Å². The molecule has 7 heteroatoms. The van der Waals surface area contributed by atoms with Crippen molar-refractivity contribution in [2.75, 3.05) is 10.9 Å². The Morgan fingerprint density at radius 2 is 1.95 bits per heavy atom. The number of carbonyl (C=O) groups excluding carboxylic acids is 1. The highest BCUT2D eigenvalue weighted by Gasteiger charge is 2.52.